The lowest BCUT2D eigenvalue weighted by Gasteiger charge is -2.38. The van der Waals surface area contributed by atoms with Crippen LogP contribution in [0.2, 0.25) is 0 Å². The Hall–Kier alpha value is -2.45. The number of rotatable bonds is 4. The largest absolute Gasteiger partial charge is 0.329 e. The third-order valence-electron chi connectivity index (χ3n) is 8.57. The van der Waals surface area contributed by atoms with Gasteiger partial charge in [-0.15, -0.1) is 0 Å². The van der Waals surface area contributed by atoms with Gasteiger partial charge < -0.3 is 14.8 Å². The molecule has 3 saturated heterocycles. The molecule has 8 nitrogen and oxygen atoms in total. The van der Waals surface area contributed by atoms with Gasteiger partial charge in [0.25, 0.3) is 0 Å². The predicted molar refractivity (Wildman–Crippen MR) is 127 cm³/mol. The summed E-state index contributed by atoms with van der Waals surface area (Å²) in [5, 5.41) is 7.11. The Kier molecular flexibility index (Phi) is 5.37. The molecule has 2 aromatic rings. The van der Waals surface area contributed by atoms with Gasteiger partial charge in [0.1, 0.15) is 5.65 Å². The summed E-state index contributed by atoms with van der Waals surface area (Å²) in [7, 11) is 0. The molecule has 0 spiro atoms. The van der Waals surface area contributed by atoms with E-state index in [-0.39, 0.29) is 11.9 Å². The Morgan fingerprint density at radius 3 is 2.55 bits per heavy atom. The number of nitrogens with zero attached hydrogens (tertiary/aromatic N) is 4. The number of imide groups is 1. The van der Waals surface area contributed by atoms with Gasteiger partial charge in [0, 0.05) is 50.2 Å². The normalized spacial score (nSPS) is 29.1. The number of aromatic nitrogens is 2. The highest BCUT2D eigenvalue weighted by Crippen LogP contribution is 2.40. The van der Waals surface area contributed by atoms with E-state index >= 15 is 0 Å². The standard InChI is InChI=1S/C25H34N6O2/c1-16-14-31(24-21(16)10-20(13-27-24)30-9-6-23(32)28-25(30)33)19-4-7-29(8-5-19)15-22-17-2-3-18(22)12-26-11-17/h10,13-14,17-19,22,26H,2-9,11-12,15H2,1H3,(H,28,32,33)/t17-,18?,22?/m0/s1. The fourth-order valence-electron chi connectivity index (χ4n) is 6.70. The van der Waals surface area contributed by atoms with Crippen molar-refractivity contribution in [3.05, 3.63) is 24.0 Å². The van der Waals surface area contributed by atoms with Crippen LogP contribution in [0.1, 0.15) is 43.7 Å². The number of hydrogen-bond donors (Lipinski definition) is 2. The molecule has 2 N–H and O–H groups in total. The summed E-state index contributed by atoms with van der Waals surface area (Å²) in [4.78, 5) is 32.8. The molecule has 2 aromatic heterocycles. The van der Waals surface area contributed by atoms with E-state index < -0.39 is 0 Å². The zero-order chi connectivity index (χ0) is 22.5. The number of urea groups is 1. The van der Waals surface area contributed by atoms with Crippen molar-refractivity contribution in [2.75, 3.05) is 44.2 Å². The van der Waals surface area contributed by atoms with Crippen molar-refractivity contribution in [1.29, 1.82) is 0 Å². The number of carbonyl (C=O) groups excluding carboxylic acids is 2. The highest BCUT2D eigenvalue weighted by molar-refractivity contribution is 6.06. The molecule has 1 aliphatic carbocycles. The van der Waals surface area contributed by atoms with Gasteiger partial charge in [-0.2, -0.15) is 0 Å². The second-order valence-corrected chi connectivity index (χ2v) is 10.5. The minimum Gasteiger partial charge on any atom is -0.329 e. The van der Waals surface area contributed by atoms with Gasteiger partial charge in [-0.3, -0.25) is 15.0 Å². The highest BCUT2D eigenvalue weighted by atomic mass is 16.2. The molecule has 3 aliphatic heterocycles. The molecule has 2 bridgehead atoms. The van der Waals surface area contributed by atoms with Gasteiger partial charge >= 0.3 is 6.03 Å². The number of piperidine rings is 2. The summed E-state index contributed by atoms with van der Waals surface area (Å²) >= 11 is 0. The van der Waals surface area contributed by atoms with Crippen molar-refractivity contribution in [1.82, 2.24) is 25.1 Å². The third kappa shape index (κ3) is 3.83. The van der Waals surface area contributed by atoms with E-state index in [1.165, 1.54) is 38.0 Å². The Morgan fingerprint density at radius 1 is 1.06 bits per heavy atom. The van der Waals surface area contributed by atoms with Crippen molar-refractivity contribution < 1.29 is 9.59 Å². The zero-order valence-electron chi connectivity index (χ0n) is 19.4. The van der Waals surface area contributed by atoms with Crippen LogP contribution in [0.25, 0.3) is 11.0 Å². The lowest BCUT2D eigenvalue weighted by molar-refractivity contribution is -0.120. The molecule has 3 atom stereocenters. The number of likely N-dealkylation sites (tertiary alicyclic amines) is 1. The fraction of sp³-hybridized carbons (Fsp3) is 0.640. The average molecular weight is 451 g/mol. The van der Waals surface area contributed by atoms with Gasteiger partial charge in [-0.05, 0) is 75.1 Å². The van der Waals surface area contributed by atoms with Gasteiger partial charge in [0.2, 0.25) is 5.91 Å². The van der Waals surface area contributed by atoms with Crippen LogP contribution < -0.4 is 15.5 Å². The van der Waals surface area contributed by atoms with E-state index in [1.807, 2.05) is 6.07 Å². The molecule has 0 radical (unpaired) electrons. The van der Waals surface area contributed by atoms with Crippen molar-refractivity contribution in [2.24, 2.45) is 17.8 Å². The van der Waals surface area contributed by atoms with Gasteiger partial charge in [0.15, 0.2) is 0 Å². The summed E-state index contributed by atoms with van der Waals surface area (Å²) in [6.45, 7) is 8.54. The molecular formula is C25H34N6O2. The van der Waals surface area contributed by atoms with E-state index in [2.05, 4.69) is 33.2 Å². The topological polar surface area (TPSA) is 82.5 Å². The molecule has 4 aliphatic rings. The minimum atomic E-state index is -0.362. The average Bonchev–Trinajstić information content (AvgIpc) is 3.24. The van der Waals surface area contributed by atoms with Crippen LogP contribution in [0.4, 0.5) is 10.5 Å². The van der Waals surface area contributed by atoms with E-state index in [0.717, 1.165) is 60.4 Å². The Bertz CT molecular complexity index is 1060. The number of pyridine rings is 1. The molecule has 33 heavy (non-hydrogen) atoms. The zero-order valence-corrected chi connectivity index (χ0v) is 19.4. The molecule has 5 heterocycles. The van der Waals surface area contributed by atoms with Crippen LogP contribution in [-0.4, -0.2) is 65.7 Å². The first kappa shape index (κ1) is 21.1. The van der Waals surface area contributed by atoms with Crippen LogP contribution in [0.3, 0.4) is 0 Å². The first-order chi connectivity index (χ1) is 16.1. The van der Waals surface area contributed by atoms with E-state index in [0.29, 0.717) is 19.0 Å². The van der Waals surface area contributed by atoms with Crippen LogP contribution in [-0.2, 0) is 4.79 Å². The molecule has 4 fully saturated rings. The number of nitrogens with one attached hydrogen (secondary N) is 2. The molecule has 6 rings (SSSR count). The number of fused-ring (bicyclic) bond motifs is 3. The number of hydrogen-bond acceptors (Lipinski definition) is 5. The predicted octanol–water partition coefficient (Wildman–Crippen LogP) is 2.67. The second kappa shape index (κ2) is 8.40. The first-order valence-electron chi connectivity index (χ1n) is 12.6. The third-order valence-corrected chi connectivity index (χ3v) is 8.57. The Balaban J connectivity index is 1.15. The van der Waals surface area contributed by atoms with E-state index in [4.69, 9.17) is 4.98 Å². The van der Waals surface area contributed by atoms with E-state index in [1.54, 1.807) is 11.1 Å². The maximum atomic E-state index is 12.2. The van der Waals surface area contributed by atoms with Crippen LogP contribution in [0, 0.1) is 24.7 Å². The number of amides is 3. The van der Waals surface area contributed by atoms with Crippen LogP contribution in [0.15, 0.2) is 18.5 Å². The molecular weight excluding hydrogens is 416 g/mol. The summed E-state index contributed by atoms with van der Waals surface area (Å²) in [5.74, 6) is 2.44. The van der Waals surface area contributed by atoms with Crippen LogP contribution in [0.5, 0.6) is 0 Å². The summed E-state index contributed by atoms with van der Waals surface area (Å²) in [5.41, 5.74) is 2.93. The summed E-state index contributed by atoms with van der Waals surface area (Å²) in [6, 6.07) is 2.15. The molecule has 8 heteroatoms. The van der Waals surface area contributed by atoms with Crippen LogP contribution >= 0.6 is 0 Å². The smallest absolute Gasteiger partial charge is 0.328 e. The number of carbonyl (C=O) groups is 2. The molecule has 3 amide bonds. The Morgan fingerprint density at radius 2 is 1.82 bits per heavy atom. The summed E-state index contributed by atoms with van der Waals surface area (Å²) < 4.78 is 2.36. The molecule has 0 aromatic carbocycles. The first-order valence-corrected chi connectivity index (χ1v) is 12.6. The second-order valence-electron chi connectivity index (χ2n) is 10.5. The quantitative estimate of drug-likeness (QED) is 0.749. The number of anilines is 1. The van der Waals surface area contributed by atoms with Gasteiger partial charge in [-0.25, -0.2) is 9.78 Å². The monoisotopic (exact) mass is 450 g/mol. The SMILES string of the molecule is Cc1cn(C2CCN(CC3C4CC[C@H]3CNC4)CC2)c2ncc(N3CCC(=O)NC3=O)cc12. The van der Waals surface area contributed by atoms with Crippen molar-refractivity contribution in [3.8, 4) is 0 Å². The molecule has 1 saturated carbocycles. The maximum absolute atomic E-state index is 12.2. The van der Waals surface area contributed by atoms with Crippen molar-refractivity contribution in [2.45, 2.75) is 45.1 Å². The van der Waals surface area contributed by atoms with E-state index in [9.17, 15) is 9.59 Å². The van der Waals surface area contributed by atoms with Crippen molar-refractivity contribution in [3.63, 3.8) is 0 Å². The lowest BCUT2D eigenvalue weighted by Crippen LogP contribution is -2.49. The lowest BCUT2D eigenvalue weighted by atomic mass is 9.85. The van der Waals surface area contributed by atoms with Gasteiger partial charge in [-0.1, -0.05) is 0 Å². The minimum absolute atomic E-state index is 0.216. The van der Waals surface area contributed by atoms with Crippen molar-refractivity contribution >= 4 is 28.7 Å². The fourth-order valence-corrected chi connectivity index (χ4v) is 6.70. The highest BCUT2D eigenvalue weighted by Gasteiger charge is 2.40. The molecule has 176 valence electrons. The van der Waals surface area contributed by atoms with Gasteiger partial charge in [0.05, 0.1) is 11.9 Å². The number of aryl methyl sites for hydroxylation is 1. The Labute approximate surface area is 194 Å². The molecule has 2 unspecified atom stereocenters. The summed E-state index contributed by atoms with van der Waals surface area (Å²) in [6.07, 6.45) is 9.46. The maximum Gasteiger partial charge on any atom is 0.328 e.